The van der Waals surface area contributed by atoms with Gasteiger partial charge in [-0.2, -0.15) is 0 Å². The molecule has 0 saturated heterocycles. The first-order valence-electron chi connectivity index (χ1n) is 13.3. The van der Waals surface area contributed by atoms with Crippen LogP contribution in [0.2, 0.25) is 0 Å². The number of hydrogen-bond donors (Lipinski definition) is 0. The molecule has 0 aromatic heterocycles. The Balaban J connectivity index is 1.67. The Morgan fingerprint density at radius 2 is 1.88 bits per heavy atom. The van der Waals surface area contributed by atoms with Crippen LogP contribution < -0.4 is 0 Å². The molecule has 2 saturated carbocycles. The van der Waals surface area contributed by atoms with Gasteiger partial charge in [0.25, 0.3) is 0 Å². The largest absolute Gasteiger partial charge is 0.458 e. The van der Waals surface area contributed by atoms with Gasteiger partial charge in [0.15, 0.2) is 0 Å². The molecule has 0 radical (unpaired) electrons. The van der Waals surface area contributed by atoms with Crippen molar-refractivity contribution >= 4 is 11.8 Å². The van der Waals surface area contributed by atoms with Gasteiger partial charge in [-0.25, -0.2) is 0 Å². The Morgan fingerprint density at radius 1 is 1.15 bits per heavy atom. The number of fused-ring (bicyclic) bond motifs is 5. The molecule has 3 nitrogen and oxygen atoms in total. The second-order valence-corrected chi connectivity index (χ2v) is 12.4. The van der Waals surface area contributed by atoms with Crippen molar-refractivity contribution in [2.75, 3.05) is 0 Å². The molecule has 0 spiro atoms. The third-order valence-corrected chi connectivity index (χ3v) is 10.1. The van der Waals surface area contributed by atoms with Crippen LogP contribution >= 0.6 is 0 Å². The summed E-state index contributed by atoms with van der Waals surface area (Å²) in [6.45, 7) is 15.6. The van der Waals surface area contributed by atoms with Crippen LogP contribution in [0.1, 0.15) is 87.0 Å². The van der Waals surface area contributed by atoms with Gasteiger partial charge in [-0.15, -0.1) is 0 Å². The highest BCUT2D eigenvalue weighted by molar-refractivity contribution is 5.80. The Morgan fingerprint density at radius 3 is 2.55 bits per heavy atom. The van der Waals surface area contributed by atoms with Gasteiger partial charge in [-0.3, -0.25) is 9.59 Å². The lowest BCUT2D eigenvalue weighted by atomic mass is 9.51. The number of carbonyl (C=O) groups is 2. The number of allylic oxidation sites excluding steroid dienone is 5. The minimum atomic E-state index is -0.283. The standard InChI is InChI=1S/C30H44O3/c1-18(2)19(3)8-9-20(4)24-10-11-25-23-17-28(33-21(5)31)27-16-22(32)12-14-30(27,7)26(23)13-15-29(24,25)6/h8-9,13,17-20,24-25,27-28H,10-12,14-16H2,1-7H3/b9-8+/t19-,20+,24?,25?,27?,28-,29?,30-/m0/s1. The van der Waals surface area contributed by atoms with Crippen molar-refractivity contribution < 1.29 is 14.3 Å². The average Bonchev–Trinajstić information content (AvgIpc) is 3.10. The van der Waals surface area contributed by atoms with Crippen LogP contribution in [0.4, 0.5) is 0 Å². The normalized spacial score (nSPS) is 39.9. The Bertz CT molecular complexity index is 892. The van der Waals surface area contributed by atoms with E-state index in [4.69, 9.17) is 4.74 Å². The highest BCUT2D eigenvalue weighted by Crippen LogP contribution is 2.64. The minimum absolute atomic E-state index is 0.0681. The van der Waals surface area contributed by atoms with E-state index >= 15 is 0 Å². The van der Waals surface area contributed by atoms with Crippen molar-refractivity contribution in [3.05, 3.63) is 35.5 Å². The maximum atomic E-state index is 12.4. The molecule has 0 heterocycles. The highest BCUT2D eigenvalue weighted by atomic mass is 16.5. The zero-order valence-corrected chi connectivity index (χ0v) is 21.8. The number of rotatable bonds is 5. The molecule has 0 bridgehead atoms. The van der Waals surface area contributed by atoms with E-state index in [1.165, 1.54) is 30.9 Å². The van der Waals surface area contributed by atoms with E-state index in [9.17, 15) is 9.59 Å². The molecule has 3 heteroatoms. The van der Waals surface area contributed by atoms with Crippen LogP contribution in [0.15, 0.2) is 35.5 Å². The molecule has 4 unspecified atom stereocenters. The van der Waals surface area contributed by atoms with Gasteiger partial charge in [0.2, 0.25) is 0 Å². The predicted molar refractivity (Wildman–Crippen MR) is 133 cm³/mol. The van der Waals surface area contributed by atoms with E-state index in [0.717, 1.165) is 12.8 Å². The van der Waals surface area contributed by atoms with Crippen molar-refractivity contribution in [2.24, 2.45) is 46.3 Å². The predicted octanol–water partition coefficient (Wildman–Crippen LogP) is 7.08. The minimum Gasteiger partial charge on any atom is -0.458 e. The van der Waals surface area contributed by atoms with Crippen LogP contribution in [0.3, 0.4) is 0 Å². The quantitative estimate of drug-likeness (QED) is 0.331. The van der Waals surface area contributed by atoms with Gasteiger partial charge in [-0.1, -0.05) is 59.8 Å². The van der Waals surface area contributed by atoms with Crippen molar-refractivity contribution in [1.82, 2.24) is 0 Å². The van der Waals surface area contributed by atoms with Crippen LogP contribution in [0.25, 0.3) is 0 Å². The molecule has 4 aliphatic carbocycles. The highest BCUT2D eigenvalue weighted by Gasteiger charge is 2.57. The third-order valence-electron chi connectivity index (χ3n) is 10.1. The zero-order valence-electron chi connectivity index (χ0n) is 21.8. The van der Waals surface area contributed by atoms with Crippen LogP contribution in [-0.2, 0) is 14.3 Å². The first kappa shape index (κ1) is 24.5. The number of ketones is 1. The fourth-order valence-electron chi connectivity index (χ4n) is 7.61. The second-order valence-electron chi connectivity index (χ2n) is 12.4. The lowest BCUT2D eigenvalue weighted by Gasteiger charge is -2.54. The van der Waals surface area contributed by atoms with Crippen molar-refractivity contribution in [2.45, 2.75) is 93.1 Å². The molecule has 33 heavy (non-hydrogen) atoms. The molecule has 0 aromatic carbocycles. The first-order valence-corrected chi connectivity index (χ1v) is 13.3. The van der Waals surface area contributed by atoms with E-state index in [1.807, 2.05) is 0 Å². The summed E-state index contributed by atoms with van der Waals surface area (Å²) in [5.74, 6) is 3.13. The fraction of sp³-hybridized carbons (Fsp3) is 0.733. The lowest BCUT2D eigenvalue weighted by molar-refractivity contribution is -0.151. The molecular weight excluding hydrogens is 408 g/mol. The van der Waals surface area contributed by atoms with Gasteiger partial charge < -0.3 is 4.74 Å². The van der Waals surface area contributed by atoms with E-state index in [0.29, 0.717) is 48.2 Å². The van der Waals surface area contributed by atoms with Crippen molar-refractivity contribution in [3.8, 4) is 0 Å². The van der Waals surface area contributed by atoms with Gasteiger partial charge in [0.1, 0.15) is 11.9 Å². The summed E-state index contributed by atoms with van der Waals surface area (Å²) in [5.41, 5.74) is 3.05. The summed E-state index contributed by atoms with van der Waals surface area (Å²) in [7, 11) is 0. The van der Waals surface area contributed by atoms with Crippen LogP contribution in [-0.4, -0.2) is 17.9 Å². The number of esters is 1. The van der Waals surface area contributed by atoms with Gasteiger partial charge in [0, 0.05) is 25.7 Å². The molecule has 0 aromatic rings. The molecular formula is C30H44O3. The zero-order chi connectivity index (χ0) is 24.1. The Hall–Kier alpha value is -1.64. The fourth-order valence-corrected chi connectivity index (χ4v) is 7.61. The summed E-state index contributed by atoms with van der Waals surface area (Å²) < 4.78 is 5.86. The topological polar surface area (TPSA) is 43.4 Å². The van der Waals surface area contributed by atoms with Gasteiger partial charge >= 0.3 is 5.97 Å². The summed E-state index contributed by atoms with van der Waals surface area (Å²) in [5, 5.41) is 0. The Kier molecular flexibility index (Phi) is 6.57. The Labute approximate surface area is 201 Å². The first-order chi connectivity index (χ1) is 15.5. The van der Waals surface area contributed by atoms with Crippen molar-refractivity contribution in [1.29, 1.82) is 0 Å². The summed E-state index contributed by atoms with van der Waals surface area (Å²) in [6.07, 6.45) is 15.0. The van der Waals surface area contributed by atoms with Crippen LogP contribution in [0, 0.1) is 46.3 Å². The van der Waals surface area contributed by atoms with E-state index < -0.39 is 0 Å². The van der Waals surface area contributed by atoms with Crippen molar-refractivity contribution in [3.63, 3.8) is 0 Å². The van der Waals surface area contributed by atoms with E-state index in [1.54, 1.807) is 0 Å². The molecule has 0 amide bonds. The number of hydrogen-bond acceptors (Lipinski definition) is 3. The monoisotopic (exact) mass is 452 g/mol. The maximum Gasteiger partial charge on any atom is 0.303 e. The number of ether oxygens (including phenoxy) is 1. The number of Topliss-reactive ketones (excluding diaryl/α,β-unsaturated/α-hetero) is 1. The summed E-state index contributed by atoms with van der Waals surface area (Å²) in [4.78, 5) is 24.3. The van der Waals surface area contributed by atoms with Crippen LogP contribution in [0.5, 0.6) is 0 Å². The smallest absolute Gasteiger partial charge is 0.303 e. The second kappa shape index (κ2) is 8.86. The molecule has 4 rings (SSSR count). The lowest BCUT2D eigenvalue weighted by Crippen LogP contribution is -2.49. The number of carbonyl (C=O) groups excluding carboxylic acids is 2. The molecule has 0 aliphatic heterocycles. The summed E-state index contributed by atoms with van der Waals surface area (Å²) in [6, 6.07) is 0. The summed E-state index contributed by atoms with van der Waals surface area (Å²) >= 11 is 0. The van der Waals surface area contributed by atoms with E-state index in [-0.39, 0.29) is 28.8 Å². The third kappa shape index (κ3) is 4.19. The van der Waals surface area contributed by atoms with Gasteiger partial charge in [-0.05, 0) is 83.3 Å². The molecule has 0 N–H and O–H groups in total. The molecule has 2 fully saturated rings. The SMILES string of the molecule is CC(=O)O[C@H]1C=C2C(=CCC3(C)C2CCC3[C@H](C)/C=C/[C@H](C)C(C)C)[C@]2(C)CCC(=O)CC12. The van der Waals surface area contributed by atoms with E-state index in [2.05, 4.69) is 65.8 Å². The molecule has 8 atom stereocenters. The maximum absolute atomic E-state index is 12.4. The molecule has 182 valence electrons. The average molecular weight is 453 g/mol. The molecule has 4 aliphatic rings. The van der Waals surface area contributed by atoms with Gasteiger partial charge in [0.05, 0.1) is 0 Å².